The fourth-order valence-corrected chi connectivity index (χ4v) is 10.9. The Bertz CT molecular complexity index is 1070. The molecule has 0 atom stereocenters. The number of carbonyl (C=O) groups excluding carboxylic acids is 1. The van der Waals surface area contributed by atoms with E-state index in [4.69, 9.17) is 9.47 Å². The lowest BCUT2D eigenvalue weighted by Gasteiger charge is -2.42. The lowest BCUT2D eigenvalue weighted by molar-refractivity contribution is -0.137. The van der Waals surface area contributed by atoms with Crippen molar-refractivity contribution in [2.45, 2.75) is 64.3 Å². The number of hydrogen-bond donors (Lipinski definition) is 0. The summed E-state index contributed by atoms with van der Waals surface area (Å²) >= 11 is 0. The molecule has 0 fully saturated rings. The largest absolute Gasteiger partial charge is 0.497 e. The summed E-state index contributed by atoms with van der Waals surface area (Å²) in [7, 11) is -0.799. The standard InChI is InChI=1S/C26H32F3NO3Si/c1-16(2)34(17(3)4,18(5)6)15-24-25(31)30(21-11-9-8-10-20(21)26(27,28)29)22-14-19(32-7)12-13-23(22)33-24/h8-18H,1-7H3/b24-15-. The number of hydrogen-bond acceptors (Lipinski definition) is 3. The Labute approximate surface area is 200 Å². The second-order valence-electron chi connectivity index (χ2n) is 9.56. The molecular formula is C26H32F3NO3Si. The van der Waals surface area contributed by atoms with Crippen LogP contribution in [0.15, 0.2) is 53.9 Å². The molecule has 8 heteroatoms. The van der Waals surface area contributed by atoms with Gasteiger partial charge in [-0.2, -0.15) is 13.2 Å². The highest BCUT2D eigenvalue weighted by Gasteiger charge is 2.45. The number of fused-ring (bicyclic) bond motifs is 1. The summed E-state index contributed by atoms with van der Waals surface area (Å²) in [6, 6.07) is 9.91. The molecule has 4 nitrogen and oxygen atoms in total. The maximum absolute atomic E-state index is 13.9. The fraction of sp³-hybridized carbons (Fsp3) is 0.423. The van der Waals surface area contributed by atoms with Crippen molar-refractivity contribution in [1.82, 2.24) is 0 Å². The monoisotopic (exact) mass is 491 g/mol. The minimum Gasteiger partial charge on any atom is -0.497 e. The number of anilines is 2. The number of ether oxygens (including phenoxy) is 2. The van der Waals surface area contributed by atoms with Crippen molar-refractivity contribution in [2.24, 2.45) is 0 Å². The fourth-order valence-electron chi connectivity index (χ4n) is 5.23. The number of halogens is 3. The summed E-state index contributed by atoms with van der Waals surface area (Å²) < 4.78 is 53.2. The molecule has 2 aromatic rings. The molecule has 184 valence electrons. The lowest BCUT2D eigenvalue weighted by atomic mass is 10.1. The molecule has 1 aliphatic heterocycles. The minimum absolute atomic E-state index is 0.0809. The SMILES string of the molecule is COc1ccc2c(c1)N(c1ccccc1C(F)(F)F)C(=O)/C(=C/[Si](C(C)C)(C(C)C)C(C)C)O2. The van der Waals surface area contributed by atoms with Gasteiger partial charge in [-0.05, 0) is 46.6 Å². The predicted molar refractivity (Wildman–Crippen MR) is 131 cm³/mol. The van der Waals surface area contributed by atoms with E-state index in [-0.39, 0.29) is 17.1 Å². The Hall–Kier alpha value is -2.74. The van der Waals surface area contributed by atoms with Crippen molar-refractivity contribution in [3.8, 4) is 11.5 Å². The predicted octanol–water partition coefficient (Wildman–Crippen LogP) is 7.87. The van der Waals surface area contributed by atoms with Crippen LogP contribution in [-0.4, -0.2) is 21.1 Å². The van der Waals surface area contributed by atoms with Crippen LogP contribution >= 0.6 is 0 Å². The van der Waals surface area contributed by atoms with Crippen molar-refractivity contribution < 1.29 is 27.4 Å². The molecular weight excluding hydrogens is 459 g/mol. The Morgan fingerprint density at radius 3 is 2.06 bits per heavy atom. The zero-order valence-corrected chi connectivity index (χ0v) is 21.7. The first-order valence-corrected chi connectivity index (χ1v) is 13.7. The number of benzene rings is 2. The molecule has 1 amide bonds. The number of alkyl halides is 3. The molecule has 3 rings (SSSR count). The molecule has 0 spiro atoms. The normalized spacial score (nSPS) is 15.9. The number of amides is 1. The number of rotatable bonds is 6. The van der Waals surface area contributed by atoms with Crippen LogP contribution in [-0.2, 0) is 11.0 Å². The van der Waals surface area contributed by atoms with E-state index in [1.54, 1.807) is 12.1 Å². The highest BCUT2D eigenvalue weighted by atomic mass is 28.3. The van der Waals surface area contributed by atoms with E-state index in [1.165, 1.54) is 31.4 Å². The average Bonchev–Trinajstić information content (AvgIpc) is 2.76. The molecule has 1 aliphatic rings. The molecule has 34 heavy (non-hydrogen) atoms. The van der Waals surface area contributed by atoms with Gasteiger partial charge in [0.05, 0.1) is 32.1 Å². The molecule has 0 bridgehead atoms. The maximum atomic E-state index is 13.9. The van der Waals surface area contributed by atoms with Crippen molar-refractivity contribution in [3.05, 3.63) is 59.5 Å². The Kier molecular flexibility index (Phi) is 7.22. The molecule has 0 saturated carbocycles. The topological polar surface area (TPSA) is 38.8 Å². The number of methoxy groups -OCH3 is 1. The van der Waals surface area contributed by atoms with Crippen molar-refractivity contribution >= 4 is 25.4 Å². The lowest BCUT2D eigenvalue weighted by Crippen LogP contribution is -2.45. The number of carbonyl (C=O) groups is 1. The maximum Gasteiger partial charge on any atom is 0.418 e. The van der Waals surface area contributed by atoms with Gasteiger partial charge in [-0.15, -0.1) is 0 Å². The smallest absolute Gasteiger partial charge is 0.418 e. The van der Waals surface area contributed by atoms with Crippen molar-refractivity contribution in [3.63, 3.8) is 0 Å². The van der Waals surface area contributed by atoms with Gasteiger partial charge < -0.3 is 9.47 Å². The summed E-state index contributed by atoms with van der Waals surface area (Å²) in [4.78, 5) is 15.0. The molecule has 0 aromatic heterocycles. The van der Waals surface area contributed by atoms with Crippen LogP contribution < -0.4 is 14.4 Å². The summed E-state index contributed by atoms with van der Waals surface area (Å²) in [6.45, 7) is 12.9. The van der Waals surface area contributed by atoms with Crippen LogP contribution in [0.25, 0.3) is 0 Å². The summed E-state index contributed by atoms with van der Waals surface area (Å²) in [5.74, 6) is 0.184. The van der Waals surface area contributed by atoms with Gasteiger partial charge in [0.1, 0.15) is 5.75 Å². The summed E-state index contributed by atoms with van der Waals surface area (Å²) in [5.41, 5.74) is 1.93. The van der Waals surface area contributed by atoms with Crippen LogP contribution in [0.1, 0.15) is 47.1 Å². The third-order valence-corrected chi connectivity index (χ3v) is 13.6. The van der Waals surface area contributed by atoms with Crippen LogP contribution in [0.2, 0.25) is 16.6 Å². The summed E-state index contributed by atoms with van der Waals surface area (Å²) in [6.07, 6.45) is -4.63. The zero-order chi connectivity index (χ0) is 25.4. The van der Waals surface area contributed by atoms with Gasteiger partial charge >= 0.3 is 6.18 Å². The second kappa shape index (κ2) is 9.48. The van der Waals surface area contributed by atoms with Crippen LogP contribution in [0, 0.1) is 0 Å². The zero-order valence-electron chi connectivity index (χ0n) is 20.7. The first-order valence-electron chi connectivity index (χ1n) is 11.4. The Balaban J connectivity index is 2.31. The van der Waals surface area contributed by atoms with Gasteiger partial charge in [-0.3, -0.25) is 9.69 Å². The average molecular weight is 492 g/mol. The quantitative estimate of drug-likeness (QED) is 0.305. The van der Waals surface area contributed by atoms with Gasteiger partial charge in [0.2, 0.25) is 0 Å². The van der Waals surface area contributed by atoms with Gasteiger partial charge in [-0.25, -0.2) is 0 Å². The van der Waals surface area contributed by atoms with Crippen molar-refractivity contribution in [2.75, 3.05) is 12.0 Å². The Morgan fingerprint density at radius 1 is 0.941 bits per heavy atom. The van der Waals surface area contributed by atoms with E-state index in [9.17, 15) is 18.0 Å². The molecule has 1 heterocycles. The number of para-hydroxylation sites is 1. The van der Waals surface area contributed by atoms with E-state index < -0.39 is 25.7 Å². The van der Waals surface area contributed by atoms with E-state index in [2.05, 4.69) is 41.5 Å². The van der Waals surface area contributed by atoms with Gasteiger partial charge in [0.25, 0.3) is 5.91 Å². The van der Waals surface area contributed by atoms with Crippen LogP contribution in [0.4, 0.5) is 24.5 Å². The number of nitrogens with zero attached hydrogens (tertiary/aromatic N) is 1. The highest BCUT2D eigenvalue weighted by Crippen LogP contribution is 2.48. The van der Waals surface area contributed by atoms with E-state index in [1.807, 2.05) is 5.70 Å². The van der Waals surface area contributed by atoms with Gasteiger partial charge in [-0.1, -0.05) is 53.7 Å². The first kappa shape index (κ1) is 25.9. The van der Waals surface area contributed by atoms with Crippen molar-refractivity contribution in [1.29, 1.82) is 0 Å². The second-order valence-corrected chi connectivity index (χ2v) is 15.3. The van der Waals surface area contributed by atoms with E-state index in [0.717, 1.165) is 11.0 Å². The van der Waals surface area contributed by atoms with Crippen LogP contribution in [0.5, 0.6) is 11.5 Å². The molecule has 0 unspecified atom stereocenters. The first-order chi connectivity index (χ1) is 15.8. The molecule has 0 aliphatic carbocycles. The molecule has 0 saturated heterocycles. The molecule has 0 N–H and O–H groups in total. The van der Waals surface area contributed by atoms with E-state index in [0.29, 0.717) is 28.1 Å². The minimum atomic E-state index is -4.63. The van der Waals surface area contributed by atoms with Gasteiger partial charge in [0, 0.05) is 6.07 Å². The van der Waals surface area contributed by atoms with E-state index >= 15 is 0 Å². The Morgan fingerprint density at radius 2 is 1.53 bits per heavy atom. The van der Waals surface area contributed by atoms with Gasteiger partial charge in [0.15, 0.2) is 11.5 Å². The highest BCUT2D eigenvalue weighted by molar-refractivity contribution is 6.88. The third-order valence-electron chi connectivity index (χ3n) is 6.87. The third kappa shape index (κ3) is 4.47. The summed E-state index contributed by atoms with van der Waals surface area (Å²) in [5, 5.41) is 0. The molecule has 2 aromatic carbocycles. The molecule has 0 radical (unpaired) electrons. The van der Waals surface area contributed by atoms with Crippen LogP contribution in [0.3, 0.4) is 0 Å².